The minimum atomic E-state index is 0.168. The Labute approximate surface area is 96.8 Å². The van der Waals surface area contributed by atoms with Gasteiger partial charge < -0.3 is 10.6 Å². The predicted molar refractivity (Wildman–Crippen MR) is 66.1 cm³/mol. The maximum Gasteiger partial charge on any atom is 0.224 e. The molecule has 0 aromatic carbocycles. The van der Waals surface area contributed by atoms with Crippen LogP contribution in [0.3, 0.4) is 0 Å². The first-order valence-corrected chi connectivity index (χ1v) is 7.08. The molecule has 2 N–H and O–H groups in total. The first kappa shape index (κ1) is 12.8. The zero-order valence-corrected chi connectivity index (χ0v) is 10.7. The highest BCUT2D eigenvalue weighted by Gasteiger charge is 2.30. The number of carbonyl (C=O) groups excluding carboxylic acids is 1. The lowest BCUT2D eigenvalue weighted by molar-refractivity contribution is -0.126. The maximum absolute atomic E-state index is 11.9. The molecule has 0 aliphatic carbocycles. The number of nitrogens with one attached hydrogen (secondary N) is 2. The molecule has 3 nitrogen and oxygen atoms in total. The number of hydrogen-bond acceptors (Lipinski definition) is 3. The van der Waals surface area contributed by atoms with Gasteiger partial charge in [0.2, 0.25) is 5.91 Å². The minimum absolute atomic E-state index is 0.168. The van der Waals surface area contributed by atoms with E-state index in [9.17, 15) is 4.79 Å². The number of amides is 1. The number of carbonyl (C=O) groups is 1. The summed E-state index contributed by atoms with van der Waals surface area (Å²) >= 11 is 1.79. The maximum atomic E-state index is 11.9. The Bertz CT molecular complexity index is 211. The van der Waals surface area contributed by atoms with Crippen molar-refractivity contribution in [1.82, 2.24) is 10.6 Å². The molecule has 1 rings (SSSR count). The lowest BCUT2D eigenvalue weighted by Crippen LogP contribution is -2.42. The fourth-order valence-electron chi connectivity index (χ4n) is 1.93. The van der Waals surface area contributed by atoms with E-state index < -0.39 is 0 Å². The summed E-state index contributed by atoms with van der Waals surface area (Å²) in [6.07, 6.45) is 3.09. The summed E-state index contributed by atoms with van der Waals surface area (Å²) in [5, 5.41) is 6.40. The van der Waals surface area contributed by atoms with E-state index in [4.69, 9.17) is 0 Å². The average Bonchev–Trinajstić information content (AvgIpc) is 2.63. The molecule has 0 aromatic heterocycles. The molecule has 0 aromatic rings. The quantitative estimate of drug-likeness (QED) is 0.743. The van der Waals surface area contributed by atoms with Gasteiger partial charge in [-0.1, -0.05) is 13.8 Å². The van der Waals surface area contributed by atoms with Gasteiger partial charge in [0, 0.05) is 18.3 Å². The molecule has 0 spiro atoms. The molecule has 1 amide bonds. The van der Waals surface area contributed by atoms with Crippen molar-refractivity contribution < 1.29 is 4.79 Å². The molecule has 0 radical (unpaired) electrons. The van der Waals surface area contributed by atoms with E-state index in [1.807, 2.05) is 0 Å². The van der Waals surface area contributed by atoms with Gasteiger partial charge in [0.15, 0.2) is 0 Å². The molecule has 1 fully saturated rings. The Balaban J connectivity index is 2.39. The second-order valence-corrected chi connectivity index (χ2v) is 5.22. The third-order valence-electron chi connectivity index (χ3n) is 3.06. The van der Waals surface area contributed by atoms with Crippen LogP contribution >= 0.6 is 11.8 Å². The third-order valence-corrected chi connectivity index (χ3v) is 3.80. The van der Waals surface area contributed by atoms with Crippen molar-refractivity contribution in [1.29, 1.82) is 0 Å². The van der Waals surface area contributed by atoms with Crippen molar-refractivity contribution in [2.75, 3.05) is 25.1 Å². The van der Waals surface area contributed by atoms with Gasteiger partial charge in [-0.15, -0.1) is 0 Å². The van der Waals surface area contributed by atoms with Crippen molar-refractivity contribution in [2.24, 2.45) is 11.8 Å². The normalized spacial score (nSPS) is 27.7. The van der Waals surface area contributed by atoms with Crippen LogP contribution in [-0.4, -0.2) is 37.0 Å². The first-order chi connectivity index (χ1) is 7.19. The van der Waals surface area contributed by atoms with Crippen LogP contribution in [0, 0.1) is 11.8 Å². The highest BCUT2D eigenvalue weighted by molar-refractivity contribution is 7.98. The third kappa shape index (κ3) is 3.68. The molecule has 3 atom stereocenters. The zero-order valence-electron chi connectivity index (χ0n) is 9.88. The fraction of sp³-hybridized carbons (Fsp3) is 0.909. The van der Waals surface area contributed by atoms with Crippen LogP contribution in [0.4, 0.5) is 0 Å². The number of hydrogen-bond donors (Lipinski definition) is 2. The molecule has 4 heteroatoms. The van der Waals surface area contributed by atoms with Crippen LogP contribution in [0.2, 0.25) is 0 Å². The van der Waals surface area contributed by atoms with Crippen molar-refractivity contribution in [2.45, 2.75) is 26.3 Å². The molecule has 3 unspecified atom stereocenters. The molecule has 15 heavy (non-hydrogen) atoms. The van der Waals surface area contributed by atoms with Crippen molar-refractivity contribution >= 4 is 17.7 Å². The molecule has 1 aliphatic heterocycles. The van der Waals surface area contributed by atoms with Gasteiger partial charge in [0.05, 0.1) is 5.92 Å². The molecular formula is C11H22N2OS. The summed E-state index contributed by atoms with van der Waals surface area (Å²) in [6, 6.07) is 0.334. The summed E-state index contributed by atoms with van der Waals surface area (Å²) in [4.78, 5) is 11.9. The van der Waals surface area contributed by atoms with E-state index in [1.54, 1.807) is 11.8 Å². The van der Waals surface area contributed by atoms with E-state index in [2.05, 4.69) is 30.7 Å². The SMILES string of the molecule is CCC(CSC)NC(=O)C1CNCC1C. The minimum Gasteiger partial charge on any atom is -0.352 e. The monoisotopic (exact) mass is 230 g/mol. The van der Waals surface area contributed by atoms with Crippen LogP contribution in [0.5, 0.6) is 0 Å². The topological polar surface area (TPSA) is 41.1 Å². The van der Waals surface area contributed by atoms with Crippen LogP contribution in [-0.2, 0) is 4.79 Å². The van der Waals surface area contributed by atoms with E-state index >= 15 is 0 Å². The summed E-state index contributed by atoms with van der Waals surface area (Å²) in [7, 11) is 0. The Hall–Kier alpha value is -0.220. The van der Waals surface area contributed by atoms with Crippen LogP contribution in [0.15, 0.2) is 0 Å². The second kappa shape index (κ2) is 6.38. The summed E-state index contributed by atoms with van der Waals surface area (Å²) < 4.78 is 0. The Morgan fingerprint density at radius 3 is 2.80 bits per heavy atom. The average molecular weight is 230 g/mol. The van der Waals surface area contributed by atoms with Gasteiger partial charge in [0.25, 0.3) is 0 Å². The summed E-state index contributed by atoms with van der Waals surface area (Å²) in [5.74, 6) is 1.88. The molecule has 88 valence electrons. The molecular weight excluding hydrogens is 208 g/mol. The van der Waals surface area contributed by atoms with E-state index in [-0.39, 0.29) is 11.8 Å². The van der Waals surface area contributed by atoms with Gasteiger partial charge in [-0.05, 0) is 25.1 Å². The van der Waals surface area contributed by atoms with Gasteiger partial charge >= 0.3 is 0 Å². The van der Waals surface area contributed by atoms with Gasteiger partial charge in [-0.2, -0.15) is 11.8 Å². The van der Waals surface area contributed by atoms with Crippen molar-refractivity contribution in [3.8, 4) is 0 Å². The van der Waals surface area contributed by atoms with Crippen LogP contribution < -0.4 is 10.6 Å². The van der Waals surface area contributed by atoms with Crippen molar-refractivity contribution in [3.63, 3.8) is 0 Å². The smallest absolute Gasteiger partial charge is 0.224 e. The molecule has 0 saturated carbocycles. The summed E-state index contributed by atoms with van der Waals surface area (Å²) in [6.45, 7) is 6.07. The largest absolute Gasteiger partial charge is 0.352 e. The molecule has 1 heterocycles. The van der Waals surface area contributed by atoms with Gasteiger partial charge in [-0.3, -0.25) is 4.79 Å². The highest BCUT2D eigenvalue weighted by atomic mass is 32.2. The fourth-order valence-corrected chi connectivity index (χ4v) is 2.65. The summed E-state index contributed by atoms with van der Waals surface area (Å²) in [5.41, 5.74) is 0. The zero-order chi connectivity index (χ0) is 11.3. The standard InChI is InChI=1S/C11H22N2OS/c1-4-9(7-15-3)13-11(14)10-6-12-5-8(10)2/h8-10,12H,4-7H2,1-3H3,(H,13,14). The number of thioether (sulfide) groups is 1. The van der Waals surface area contributed by atoms with Gasteiger partial charge in [-0.25, -0.2) is 0 Å². The molecule has 0 bridgehead atoms. The van der Waals surface area contributed by atoms with E-state index in [0.29, 0.717) is 12.0 Å². The van der Waals surface area contributed by atoms with Crippen molar-refractivity contribution in [3.05, 3.63) is 0 Å². The van der Waals surface area contributed by atoms with Crippen LogP contribution in [0.25, 0.3) is 0 Å². The lowest BCUT2D eigenvalue weighted by atomic mass is 9.97. The molecule has 1 saturated heterocycles. The Morgan fingerprint density at radius 2 is 2.33 bits per heavy atom. The molecule has 1 aliphatic rings. The first-order valence-electron chi connectivity index (χ1n) is 5.69. The predicted octanol–water partition coefficient (Wildman–Crippen LogP) is 1.10. The lowest BCUT2D eigenvalue weighted by Gasteiger charge is -2.20. The highest BCUT2D eigenvalue weighted by Crippen LogP contribution is 2.16. The Kier molecular flexibility index (Phi) is 5.47. The Morgan fingerprint density at radius 1 is 1.60 bits per heavy atom. The van der Waals surface area contributed by atoms with Crippen LogP contribution in [0.1, 0.15) is 20.3 Å². The number of rotatable bonds is 5. The van der Waals surface area contributed by atoms with E-state index in [0.717, 1.165) is 25.3 Å². The van der Waals surface area contributed by atoms with Gasteiger partial charge in [0.1, 0.15) is 0 Å². The van der Waals surface area contributed by atoms with E-state index in [1.165, 1.54) is 0 Å². The second-order valence-electron chi connectivity index (χ2n) is 4.31.